The fraction of sp³-hybridized carbons (Fsp3) is 0.300. The van der Waals surface area contributed by atoms with Crippen LogP contribution < -0.4 is 10.4 Å². The van der Waals surface area contributed by atoms with Gasteiger partial charge < -0.3 is 9.84 Å². The number of rotatable bonds is 5. The van der Waals surface area contributed by atoms with Crippen LogP contribution in [0, 0.1) is 0 Å². The maximum atomic E-state index is 12.6. The average molecular weight is 386 g/mol. The maximum Gasteiger partial charge on any atom is 0.335 e. The molecular weight excluding hydrogens is 366 g/mol. The van der Waals surface area contributed by atoms with E-state index in [1.807, 2.05) is 24.3 Å². The van der Waals surface area contributed by atoms with E-state index in [1.54, 1.807) is 22.9 Å². The second-order valence-corrected chi connectivity index (χ2v) is 7.01. The van der Waals surface area contributed by atoms with E-state index in [9.17, 15) is 9.90 Å². The van der Waals surface area contributed by atoms with Gasteiger partial charge in [0.25, 0.3) is 0 Å². The van der Waals surface area contributed by atoms with Crippen LogP contribution in [-0.4, -0.2) is 25.8 Å². The lowest BCUT2D eigenvalue weighted by atomic mass is 10.1. The Morgan fingerprint density at radius 3 is 2.67 bits per heavy atom. The summed E-state index contributed by atoms with van der Waals surface area (Å²) in [5, 5.41) is 11.1. The summed E-state index contributed by atoms with van der Waals surface area (Å²) < 4.78 is 8.63. The highest BCUT2D eigenvalue weighted by atomic mass is 35.5. The summed E-state index contributed by atoms with van der Waals surface area (Å²) in [5.41, 5.74) is 2.14. The van der Waals surface area contributed by atoms with Crippen LogP contribution in [0.2, 0.25) is 5.02 Å². The smallest absolute Gasteiger partial charge is 0.335 e. The number of benzene rings is 1. The first-order valence-corrected chi connectivity index (χ1v) is 9.38. The second kappa shape index (κ2) is 7.48. The van der Waals surface area contributed by atoms with Crippen molar-refractivity contribution >= 4 is 11.6 Å². The molecule has 0 atom stereocenters. The number of ether oxygens (including phenoxy) is 1. The zero-order valence-electron chi connectivity index (χ0n) is 14.8. The minimum Gasteiger partial charge on any atom is -0.493 e. The highest BCUT2D eigenvalue weighted by Gasteiger charge is 2.22. The van der Waals surface area contributed by atoms with Crippen molar-refractivity contribution in [1.29, 1.82) is 0 Å². The maximum absolute atomic E-state index is 12.6. The van der Waals surface area contributed by atoms with Gasteiger partial charge in [0.15, 0.2) is 0 Å². The lowest BCUT2D eigenvalue weighted by molar-refractivity contribution is 0.309. The third-order valence-corrected chi connectivity index (χ3v) is 5.05. The SMILES string of the molecule is O=c1n2c(c(O)n1-c1ccc(OCCc3ccc(Cl)cc3)nc1)CCCC2. The molecular formula is C20H20ClN3O3. The van der Waals surface area contributed by atoms with Gasteiger partial charge >= 0.3 is 5.69 Å². The second-order valence-electron chi connectivity index (χ2n) is 6.58. The van der Waals surface area contributed by atoms with Gasteiger partial charge in [-0.15, -0.1) is 0 Å². The van der Waals surface area contributed by atoms with Gasteiger partial charge in [0.2, 0.25) is 11.8 Å². The third-order valence-electron chi connectivity index (χ3n) is 4.80. The van der Waals surface area contributed by atoms with Gasteiger partial charge in [-0.05, 0) is 43.0 Å². The molecule has 6 nitrogen and oxygen atoms in total. The summed E-state index contributed by atoms with van der Waals surface area (Å²) in [5.74, 6) is 0.488. The molecule has 3 aromatic rings. The molecule has 4 rings (SSSR count). The molecule has 1 N–H and O–H groups in total. The molecule has 0 amide bonds. The number of aromatic nitrogens is 3. The molecule has 0 bridgehead atoms. The number of hydrogen-bond donors (Lipinski definition) is 1. The summed E-state index contributed by atoms with van der Waals surface area (Å²) in [6.07, 6.45) is 4.94. The number of nitrogens with zero attached hydrogens (tertiary/aromatic N) is 3. The topological polar surface area (TPSA) is 69.3 Å². The largest absolute Gasteiger partial charge is 0.493 e. The zero-order chi connectivity index (χ0) is 18.8. The normalized spacial score (nSPS) is 13.4. The summed E-state index contributed by atoms with van der Waals surface area (Å²) in [6, 6.07) is 11.1. The van der Waals surface area contributed by atoms with Crippen LogP contribution in [0.15, 0.2) is 47.4 Å². The molecule has 1 aliphatic heterocycles. The molecule has 0 saturated heterocycles. The van der Waals surface area contributed by atoms with E-state index in [0.717, 1.165) is 24.8 Å². The Hall–Kier alpha value is -2.73. The Morgan fingerprint density at radius 1 is 1.15 bits per heavy atom. The fourth-order valence-corrected chi connectivity index (χ4v) is 3.49. The Labute approximate surface area is 161 Å². The van der Waals surface area contributed by atoms with Gasteiger partial charge in [-0.2, -0.15) is 0 Å². The minimum atomic E-state index is -0.222. The van der Waals surface area contributed by atoms with Crippen molar-refractivity contribution in [2.45, 2.75) is 32.2 Å². The van der Waals surface area contributed by atoms with E-state index < -0.39 is 0 Å². The van der Waals surface area contributed by atoms with Gasteiger partial charge in [-0.1, -0.05) is 23.7 Å². The first kappa shape index (κ1) is 17.7. The highest BCUT2D eigenvalue weighted by Crippen LogP contribution is 2.25. The monoisotopic (exact) mass is 385 g/mol. The van der Waals surface area contributed by atoms with Crippen molar-refractivity contribution in [3.8, 4) is 17.4 Å². The molecule has 27 heavy (non-hydrogen) atoms. The average Bonchev–Trinajstić information content (AvgIpc) is 2.95. The van der Waals surface area contributed by atoms with Crippen LogP contribution in [0.4, 0.5) is 0 Å². The molecule has 0 saturated carbocycles. The van der Waals surface area contributed by atoms with E-state index in [4.69, 9.17) is 16.3 Å². The van der Waals surface area contributed by atoms with Crippen LogP contribution in [0.3, 0.4) is 0 Å². The molecule has 1 aromatic carbocycles. The Balaban J connectivity index is 1.46. The molecule has 7 heteroatoms. The van der Waals surface area contributed by atoms with E-state index in [0.29, 0.717) is 41.9 Å². The number of fused-ring (bicyclic) bond motifs is 1. The highest BCUT2D eigenvalue weighted by molar-refractivity contribution is 6.30. The van der Waals surface area contributed by atoms with E-state index in [-0.39, 0.29) is 11.6 Å². The lowest BCUT2D eigenvalue weighted by Gasteiger charge is -2.11. The summed E-state index contributed by atoms with van der Waals surface area (Å²) >= 11 is 5.88. The predicted molar refractivity (Wildman–Crippen MR) is 103 cm³/mol. The van der Waals surface area contributed by atoms with Crippen molar-refractivity contribution in [3.05, 3.63) is 69.4 Å². The number of halogens is 1. The molecule has 0 unspecified atom stereocenters. The van der Waals surface area contributed by atoms with Gasteiger partial charge in [-0.3, -0.25) is 4.57 Å². The molecule has 2 aromatic heterocycles. The molecule has 0 radical (unpaired) electrons. The molecule has 0 spiro atoms. The van der Waals surface area contributed by atoms with Gasteiger partial charge in [0.05, 0.1) is 24.2 Å². The molecule has 0 fully saturated rings. The standard InChI is InChI=1S/C20H20ClN3O3/c21-15-6-4-14(5-7-15)10-12-27-18-9-8-16(13-22-18)24-19(25)17-3-1-2-11-23(17)20(24)26/h4-9,13,25H,1-3,10-12H2. The van der Waals surface area contributed by atoms with Crippen molar-refractivity contribution in [2.24, 2.45) is 0 Å². The Bertz CT molecular complexity index is 991. The first-order valence-electron chi connectivity index (χ1n) is 9.00. The predicted octanol–water partition coefficient (Wildman–Crippen LogP) is 3.35. The summed E-state index contributed by atoms with van der Waals surface area (Å²) in [4.78, 5) is 16.8. The quantitative estimate of drug-likeness (QED) is 0.731. The summed E-state index contributed by atoms with van der Waals surface area (Å²) in [6.45, 7) is 1.13. The van der Waals surface area contributed by atoms with Gasteiger partial charge in [-0.25, -0.2) is 14.3 Å². The van der Waals surface area contributed by atoms with Gasteiger partial charge in [0, 0.05) is 24.1 Å². The molecule has 140 valence electrons. The number of pyridine rings is 1. The Morgan fingerprint density at radius 2 is 1.96 bits per heavy atom. The number of hydrogen-bond acceptors (Lipinski definition) is 4. The molecule has 3 heterocycles. The zero-order valence-corrected chi connectivity index (χ0v) is 15.5. The van der Waals surface area contributed by atoms with Crippen LogP contribution in [-0.2, 0) is 19.4 Å². The van der Waals surface area contributed by atoms with Crippen molar-refractivity contribution in [3.63, 3.8) is 0 Å². The van der Waals surface area contributed by atoms with E-state index in [2.05, 4.69) is 4.98 Å². The van der Waals surface area contributed by atoms with Crippen molar-refractivity contribution in [1.82, 2.24) is 14.1 Å². The fourth-order valence-electron chi connectivity index (χ4n) is 3.36. The van der Waals surface area contributed by atoms with Gasteiger partial charge in [0.1, 0.15) is 0 Å². The van der Waals surface area contributed by atoms with Crippen LogP contribution in [0.25, 0.3) is 5.69 Å². The summed E-state index contributed by atoms with van der Waals surface area (Å²) in [7, 11) is 0. The molecule has 1 aliphatic rings. The molecule has 0 aliphatic carbocycles. The van der Waals surface area contributed by atoms with Crippen molar-refractivity contribution < 1.29 is 9.84 Å². The van der Waals surface area contributed by atoms with E-state index in [1.165, 1.54) is 4.57 Å². The van der Waals surface area contributed by atoms with Crippen LogP contribution in [0.1, 0.15) is 24.1 Å². The lowest BCUT2D eigenvalue weighted by Crippen LogP contribution is -2.26. The van der Waals surface area contributed by atoms with E-state index >= 15 is 0 Å². The minimum absolute atomic E-state index is 0.0120. The van der Waals surface area contributed by atoms with Crippen LogP contribution in [0.5, 0.6) is 11.8 Å². The first-order chi connectivity index (χ1) is 13.1. The third kappa shape index (κ3) is 3.57. The number of imidazole rings is 1. The van der Waals surface area contributed by atoms with Crippen molar-refractivity contribution in [2.75, 3.05) is 6.61 Å². The Kier molecular flexibility index (Phi) is 4.90. The van der Waals surface area contributed by atoms with Crippen LogP contribution >= 0.6 is 11.6 Å². The number of aromatic hydroxyl groups is 1.